The van der Waals surface area contributed by atoms with Crippen molar-refractivity contribution in [3.8, 4) is 11.5 Å². The van der Waals surface area contributed by atoms with Crippen LogP contribution in [0.3, 0.4) is 0 Å². The molecule has 1 saturated carbocycles. The average Bonchev–Trinajstić information content (AvgIpc) is 3.09. The molecule has 1 aliphatic rings. The second-order valence-electron chi connectivity index (χ2n) is 4.01. The predicted octanol–water partition coefficient (Wildman–Crippen LogP) is 1.54. The van der Waals surface area contributed by atoms with E-state index in [1.54, 1.807) is 12.1 Å². The van der Waals surface area contributed by atoms with Crippen LogP contribution in [-0.4, -0.2) is 24.7 Å². The topological polar surface area (TPSA) is 58.6 Å². The summed E-state index contributed by atoms with van der Waals surface area (Å²) < 4.78 is 5.49. The Balaban J connectivity index is 2.05. The van der Waals surface area contributed by atoms with E-state index >= 15 is 0 Å². The zero-order valence-corrected chi connectivity index (χ0v) is 9.19. The fourth-order valence-corrected chi connectivity index (χ4v) is 1.43. The van der Waals surface area contributed by atoms with Gasteiger partial charge in [-0.2, -0.15) is 0 Å². The van der Waals surface area contributed by atoms with Gasteiger partial charge in [0.1, 0.15) is 11.5 Å². The number of rotatable bonds is 4. The van der Waals surface area contributed by atoms with Crippen LogP contribution in [0, 0.1) is 5.92 Å². The van der Waals surface area contributed by atoms with Crippen LogP contribution in [0.1, 0.15) is 23.2 Å². The lowest BCUT2D eigenvalue weighted by atomic mass is 10.2. The summed E-state index contributed by atoms with van der Waals surface area (Å²) in [7, 11) is 1.53. The number of phenols is 1. The van der Waals surface area contributed by atoms with Gasteiger partial charge in [0.25, 0.3) is 5.91 Å². The van der Waals surface area contributed by atoms with Crippen LogP contribution in [-0.2, 0) is 0 Å². The highest BCUT2D eigenvalue weighted by atomic mass is 16.5. The summed E-state index contributed by atoms with van der Waals surface area (Å²) in [6, 6.07) is 4.75. The van der Waals surface area contributed by atoms with Gasteiger partial charge in [0, 0.05) is 13.1 Å². The van der Waals surface area contributed by atoms with E-state index in [1.807, 2.05) is 0 Å². The molecule has 2 N–H and O–H groups in total. The number of carbonyl (C=O) groups excluding carboxylic acids is 1. The van der Waals surface area contributed by atoms with E-state index in [2.05, 4.69) is 5.32 Å². The molecule has 1 fully saturated rings. The lowest BCUT2D eigenvalue weighted by Crippen LogP contribution is -2.17. The molecule has 4 nitrogen and oxygen atoms in total. The second kappa shape index (κ2) is 4.43. The molecule has 0 unspecified atom stereocenters. The van der Waals surface area contributed by atoms with E-state index in [0.717, 1.165) is 0 Å². The van der Waals surface area contributed by atoms with Gasteiger partial charge >= 0.3 is 0 Å². The third-order valence-electron chi connectivity index (χ3n) is 2.62. The van der Waals surface area contributed by atoms with Crippen molar-refractivity contribution in [2.24, 2.45) is 5.92 Å². The molecule has 16 heavy (non-hydrogen) atoms. The third-order valence-corrected chi connectivity index (χ3v) is 2.62. The van der Waals surface area contributed by atoms with Crippen molar-refractivity contribution in [3.05, 3.63) is 23.8 Å². The smallest absolute Gasteiger partial charge is 0.254 e. The molecule has 4 heteroatoms. The minimum absolute atomic E-state index is 0.0485. The summed E-state index contributed by atoms with van der Waals surface area (Å²) in [4.78, 5) is 11.3. The van der Waals surface area contributed by atoms with Crippen LogP contribution in [0.4, 0.5) is 0 Å². The zero-order valence-electron chi connectivity index (χ0n) is 9.19. The number of hydrogen-bond donors (Lipinski definition) is 2. The summed E-state index contributed by atoms with van der Waals surface area (Å²) in [5.41, 5.74) is 0.265. The van der Waals surface area contributed by atoms with Gasteiger partial charge in [0.05, 0.1) is 12.2 Å². The number of phenolic OH excluding ortho intramolecular Hbond substituents is 1. The number of carbonyl (C=O) groups is 1. The molecule has 86 valence electrons. The molecule has 0 bridgehead atoms. The van der Waals surface area contributed by atoms with Gasteiger partial charge in [-0.3, -0.25) is 4.79 Å². The normalized spacial score (nSPS) is 14.6. The maximum Gasteiger partial charge on any atom is 0.254 e. The van der Waals surface area contributed by atoms with E-state index in [0.29, 0.717) is 18.3 Å². The van der Waals surface area contributed by atoms with E-state index in [-0.39, 0.29) is 17.2 Å². The first-order chi connectivity index (χ1) is 7.70. The molecule has 0 heterocycles. The molecule has 0 saturated heterocycles. The number of nitrogens with one attached hydrogen (secondary N) is 1. The van der Waals surface area contributed by atoms with Gasteiger partial charge in [-0.05, 0) is 30.9 Å². The summed E-state index contributed by atoms with van der Waals surface area (Å²) in [5, 5.41) is 12.1. The fraction of sp³-hybridized carbons (Fsp3) is 0.417. The van der Waals surface area contributed by atoms with Crippen molar-refractivity contribution in [2.45, 2.75) is 12.8 Å². The quantitative estimate of drug-likeness (QED) is 0.810. The van der Waals surface area contributed by atoms with E-state index in [1.165, 1.54) is 26.0 Å². The summed E-state index contributed by atoms with van der Waals surface area (Å²) in [6.07, 6.45) is 2.45. The van der Waals surface area contributed by atoms with Gasteiger partial charge in [0.15, 0.2) is 0 Å². The molecular formula is C12H15NO3. The molecule has 1 aromatic carbocycles. The standard InChI is InChI=1S/C12H15NO3/c1-13-12(15)10-5-4-9(6-11(10)14)16-7-8-2-3-8/h4-6,8,14H,2-3,7H2,1H3,(H,13,15). The van der Waals surface area contributed by atoms with Gasteiger partial charge in [-0.25, -0.2) is 0 Å². The van der Waals surface area contributed by atoms with E-state index < -0.39 is 0 Å². The van der Waals surface area contributed by atoms with Crippen LogP contribution < -0.4 is 10.1 Å². The molecule has 2 rings (SSSR count). The van der Waals surface area contributed by atoms with Crippen molar-refractivity contribution in [3.63, 3.8) is 0 Å². The zero-order chi connectivity index (χ0) is 11.5. The first-order valence-corrected chi connectivity index (χ1v) is 5.38. The van der Waals surface area contributed by atoms with Crippen molar-refractivity contribution >= 4 is 5.91 Å². The van der Waals surface area contributed by atoms with Crippen LogP contribution in [0.25, 0.3) is 0 Å². The monoisotopic (exact) mass is 221 g/mol. The van der Waals surface area contributed by atoms with Crippen LogP contribution in [0.15, 0.2) is 18.2 Å². The Labute approximate surface area is 94.2 Å². The van der Waals surface area contributed by atoms with E-state index in [9.17, 15) is 9.90 Å². The minimum Gasteiger partial charge on any atom is -0.507 e. The first kappa shape index (κ1) is 10.8. The average molecular weight is 221 g/mol. The lowest BCUT2D eigenvalue weighted by Gasteiger charge is -2.08. The number of ether oxygens (including phenoxy) is 1. The highest BCUT2D eigenvalue weighted by molar-refractivity contribution is 5.96. The Morgan fingerprint density at radius 1 is 1.56 bits per heavy atom. The maximum atomic E-state index is 11.3. The van der Waals surface area contributed by atoms with Gasteiger partial charge < -0.3 is 15.2 Å². The predicted molar refractivity (Wildman–Crippen MR) is 59.7 cm³/mol. The Morgan fingerprint density at radius 2 is 2.31 bits per heavy atom. The molecule has 0 radical (unpaired) electrons. The van der Waals surface area contributed by atoms with Crippen LogP contribution >= 0.6 is 0 Å². The Kier molecular flexibility index (Phi) is 2.99. The summed E-state index contributed by atoms with van der Waals surface area (Å²) in [5.74, 6) is 0.928. The fourth-order valence-electron chi connectivity index (χ4n) is 1.43. The Bertz CT molecular complexity index is 399. The maximum absolute atomic E-state index is 11.3. The number of amides is 1. The molecular weight excluding hydrogens is 206 g/mol. The first-order valence-electron chi connectivity index (χ1n) is 5.38. The molecule has 0 aliphatic heterocycles. The van der Waals surface area contributed by atoms with E-state index in [4.69, 9.17) is 4.74 Å². The summed E-state index contributed by atoms with van der Waals surface area (Å²) >= 11 is 0. The molecule has 0 spiro atoms. The third kappa shape index (κ3) is 2.45. The van der Waals surface area contributed by atoms with Gasteiger partial charge in [-0.15, -0.1) is 0 Å². The molecule has 0 aromatic heterocycles. The lowest BCUT2D eigenvalue weighted by molar-refractivity contribution is 0.0960. The second-order valence-corrected chi connectivity index (χ2v) is 4.01. The molecule has 1 amide bonds. The van der Waals surface area contributed by atoms with Gasteiger partial charge in [0.2, 0.25) is 0 Å². The van der Waals surface area contributed by atoms with Crippen LogP contribution in [0.5, 0.6) is 11.5 Å². The number of aromatic hydroxyl groups is 1. The highest BCUT2D eigenvalue weighted by Crippen LogP contribution is 2.30. The van der Waals surface area contributed by atoms with Crippen molar-refractivity contribution in [1.29, 1.82) is 0 Å². The minimum atomic E-state index is -0.300. The highest BCUT2D eigenvalue weighted by Gasteiger charge is 2.22. The summed E-state index contributed by atoms with van der Waals surface area (Å²) in [6.45, 7) is 0.693. The van der Waals surface area contributed by atoms with Crippen molar-refractivity contribution in [2.75, 3.05) is 13.7 Å². The molecule has 1 aliphatic carbocycles. The Morgan fingerprint density at radius 3 is 2.88 bits per heavy atom. The van der Waals surface area contributed by atoms with Crippen LogP contribution in [0.2, 0.25) is 0 Å². The molecule has 0 atom stereocenters. The number of benzene rings is 1. The van der Waals surface area contributed by atoms with Gasteiger partial charge in [-0.1, -0.05) is 0 Å². The SMILES string of the molecule is CNC(=O)c1ccc(OCC2CC2)cc1O. The largest absolute Gasteiger partial charge is 0.507 e. The Hall–Kier alpha value is -1.71. The molecule has 1 aromatic rings. The van der Waals surface area contributed by atoms with Crippen molar-refractivity contribution < 1.29 is 14.6 Å². The number of hydrogen-bond acceptors (Lipinski definition) is 3. The van der Waals surface area contributed by atoms with Crippen molar-refractivity contribution in [1.82, 2.24) is 5.32 Å².